The molecule has 0 fully saturated rings. The third-order valence-electron chi connectivity index (χ3n) is 4.63. The number of nitrogens with one attached hydrogen (secondary N) is 1. The summed E-state index contributed by atoms with van der Waals surface area (Å²) in [6.45, 7) is 2.12. The summed E-state index contributed by atoms with van der Waals surface area (Å²) in [5.74, 6) is -0.412. The fourth-order valence-corrected chi connectivity index (χ4v) is 4.01. The summed E-state index contributed by atoms with van der Waals surface area (Å²) in [5.41, 5.74) is 2.55. The number of hydrogen-bond donors (Lipinski definition) is 1. The van der Waals surface area contributed by atoms with E-state index in [0.717, 1.165) is 17.6 Å². The van der Waals surface area contributed by atoms with Crippen LogP contribution in [0.25, 0.3) is 5.57 Å². The molecule has 0 aliphatic carbocycles. The zero-order valence-electron chi connectivity index (χ0n) is 15.6. The highest BCUT2D eigenvalue weighted by molar-refractivity contribution is 7.89. The van der Waals surface area contributed by atoms with Crippen molar-refractivity contribution in [3.05, 3.63) is 71.8 Å². The maximum absolute atomic E-state index is 12.5. The van der Waals surface area contributed by atoms with Gasteiger partial charge in [-0.15, -0.1) is 0 Å². The zero-order chi connectivity index (χ0) is 20.1. The minimum absolute atomic E-state index is 0.0221. The second-order valence-electron chi connectivity index (χ2n) is 6.60. The van der Waals surface area contributed by atoms with Crippen molar-refractivity contribution >= 4 is 27.3 Å². The Balaban J connectivity index is 1.62. The van der Waals surface area contributed by atoms with Crippen LogP contribution in [-0.2, 0) is 14.8 Å². The molecule has 0 unspecified atom stereocenters. The van der Waals surface area contributed by atoms with E-state index in [0.29, 0.717) is 18.7 Å². The molecular formula is C21H22N2O4S. The summed E-state index contributed by atoms with van der Waals surface area (Å²) in [4.78, 5) is 25.5. The molecule has 0 aromatic heterocycles. The molecule has 146 valence electrons. The number of carbonyl (C=O) groups is 2. The van der Waals surface area contributed by atoms with Gasteiger partial charge in [-0.05, 0) is 36.6 Å². The molecule has 1 N–H and O–H groups in total. The molecule has 2 aromatic rings. The predicted molar refractivity (Wildman–Crippen MR) is 107 cm³/mol. The third-order valence-corrected chi connectivity index (χ3v) is 6.05. The molecule has 3 rings (SSSR count). The second kappa shape index (κ2) is 8.50. The van der Waals surface area contributed by atoms with E-state index in [2.05, 4.69) is 10.8 Å². The highest BCUT2D eigenvalue weighted by Crippen LogP contribution is 2.20. The maximum atomic E-state index is 12.5. The quantitative estimate of drug-likeness (QED) is 0.758. The van der Waals surface area contributed by atoms with E-state index in [4.69, 9.17) is 0 Å². The average molecular weight is 398 g/mol. The van der Waals surface area contributed by atoms with Crippen LogP contribution in [0.4, 0.5) is 0 Å². The van der Waals surface area contributed by atoms with Gasteiger partial charge >= 0.3 is 0 Å². The molecule has 28 heavy (non-hydrogen) atoms. The number of ketones is 1. The SMILES string of the molecule is CC(=O)c1ccc(S(=O)(=O)NCC(=O)N2CCC=C(c3ccccc3)C2)cc1. The topological polar surface area (TPSA) is 83.5 Å². The molecular weight excluding hydrogens is 376 g/mol. The summed E-state index contributed by atoms with van der Waals surface area (Å²) < 4.78 is 27.2. The number of amides is 1. The Bertz CT molecular complexity index is 996. The molecule has 1 aliphatic rings. The Kier molecular flexibility index (Phi) is 6.06. The number of hydrogen-bond acceptors (Lipinski definition) is 4. The van der Waals surface area contributed by atoms with Gasteiger partial charge in [-0.2, -0.15) is 0 Å². The van der Waals surface area contributed by atoms with E-state index in [1.807, 2.05) is 30.3 Å². The van der Waals surface area contributed by atoms with Crippen molar-refractivity contribution in [2.24, 2.45) is 0 Å². The molecule has 1 amide bonds. The fraction of sp³-hybridized carbons (Fsp3) is 0.238. The van der Waals surface area contributed by atoms with Crippen molar-refractivity contribution in [2.45, 2.75) is 18.2 Å². The molecule has 2 aromatic carbocycles. The lowest BCUT2D eigenvalue weighted by Gasteiger charge is -2.27. The van der Waals surface area contributed by atoms with E-state index < -0.39 is 10.0 Å². The third kappa shape index (κ3) is 4.74. The van der Waals surface area contributed by atoms with Crippen LogP contribution in [0.15, 0.2) is 65.6 Å². The van der Waals surface area contributed by atoms with Gasteiger partial charge in [0.2, 0.25) is 15.9 Å². The van der Waals surface area contributed by atoms with Crippen LogP contribution >= 0.6 is 0 Å². The molecule has 1 heterocycles. The lowest BCUT2D eigenvalue weighted by molar-refractivity contribution is -0.129. The van der Waals surface area contributed by atoms with Gasteiger partial charge in [-0.1, -0.05) is 48.5 Å². The van der Waals surface area contributed by atoms with Gasteiger partial charge in [0.1, 0.15) is 0 Å². The van der Waals surface area contributed by atoms with Gasteiger partial charge in [0.15, 0.2) is 5.78 Å². The van der Waals surface area contributed by atoms with Crippen molar-refractivity contribution in [3.8, 4) is 0 Å². The van der Waals surface area contributed by atoms with E-state index in [1.54, 1.807) is 4.90 Å². The molecule has 6 nitrogen and oxygen atoms in total. The van der Waals surface area contributed by atoms with Crippen LogP contribution in [0.5, 0.6) is 0 Å². The van der Waals surface area contributed by atoms with Crippen molar-refractivity contribution < 1.29 is 18.0 Å². The molecule has 0 bridgehead atoms. The van der Waals surface area contributed by atoms with Crippen LogP contribution in [0.1, 0.15) is 29.3 Å². The molecule has 0 saturated carbocycles. The smallest absolute Gasteiger partial charge is 0.241 e. The maximum Gasteiger partial charge on any atom is 0.241 e. The predicted octanol–water partition coefficient (Wildman–Crippen LogP) is 2.48. The summed E-state index contributed by atoms with van der Waals surface area (Å²) in [5, 5.41) is 0. The molecule has 0 saturated heterocycles. The first-order valence-electron chi connectivity index (χ1n) is 9.00. The van der Waals surface area contributed by atoms with Gasteiger partial charge < -0.3 is 4.90 Å². The second-order valence-corrected chi connectivity index (χ2v) is 8.37. The van der Waals surface area contributed by atoms with Crippen LogP contribution < -0.4 is 4.72 Å². The number of benzene rings is 2. The van der Waals surface area contributed by atoms with Crippen LogP contribution in [0, 0.1) is 0 Å². The number of nitrogens with zero attached hydrogens (tertiary/aromatic N) is 1. The van der Waals surface area contributed by atoms with Gasteiger partial charge in [0, 0.05) is 18.7 Å². The zero-order valence-corrected chi connectivity index (χ0v) is 16.4. The molecule has 0 atom stereocenters. The van der Waals surface area contributed by atoms with Crippen molar-refractivity contribution in [1.29, 1.82) is 0 Å². The first kappa shape index (κ1) is 20.0. The summed E-state index contributed by atoms with van der Waals surface area (Å²) >= 11 is 0. The lowest BCUT2D eigenvalue weighted by Crippen LogP contribution is -2.42. The summed E-state index contributed by atoms with van der Waals surface area (Å²) in [7, 11) is -3.83. The highest BCUT2D eigenvalue weighted by Gasteiger charge is 2.22. The Morgan fingerprint density at radius 3 is 2.36 bits per heavy atom. The Morgan fingerprint density at radius 1 is 1.04 bits per heavy atom. The lowest BCUT2D eigenvalue weighted by atomic mass is 10.0. The van der Waals surface area contributed by atoms with Gasteiger partial charge in [-0.3, -0.25) is 9.59 Å². The van der Waals surface area contributed by atoms with Crippen molar-refractivity contribution in [3.63, 3.8) is 0 Å². The first-order valence-corrected chi connectivity index (χ1v) is 10.5. The molecule has 0 radical (unpaired) electrons. The Morgan fingerprint density at radius 2 is 1.71 bits per heavy atom. The Hall–Kier alpha value is -2.77. The normalized spacial score (nSPS) is 14.5. The Labute approximate surface area is 164 Å². The summed E-state index contributed by atoms with van der Waals surface area (Å²) in [6.07, 6.45) is 2.84. The minimum Gasteiger partial charge on any atom is -0.337 e. The minimum atomic E-state index is -3.83. The van der Waals surface area contributed by atoms with E-state index in [9.17, 15) is 18.0 Å². The molecule has 1 aliphatic heterocycles. The van der Waals surface area contributed by atoms with Gasteiger partial charge in [-0.25, -0.2) is 13.1 Å². The number of sulfonamides is 1. The largest absolute Gasteiger partial charge is 0.337 e. The average Bonchev–Trinajstić information content (AvgIpc) is 2.73. The first-order chi connectivity index (χ1) is 13.4. The van der Waals surface area contributed by atoms with Gasteiger partial charge in [0.25, 0.3) is 0 Å². The van der Waals surface area contributed by atoms with Crippen LogP contribution in [0.2, 0.25) is 0 Å². The molecule has 7 heteroatoms. The van der Waals surface area contributed by atoms with E-state index >= 15 is 0 Å². The van der Waals surface area contributed by atoms with E-state index in [-0.39, 0.29) is 23.1 Å². The highest BCUT2D eigenvalue weighted by atomic mass is 32.2. The standard InChI is InChI=1S/C21H22N2O4S/c1-16(24)17-9-11-20(12-10-17)28(26,27)22-14-21(25)23-13-5-8-19(15-23)18-6-3-2-4-7-18/h2-4,6-12,22H,5,13-15H2,1H3. The van der Waals surface area contributed by atoms with Crippen molar-refractivity contribution in [1.82, 2.24) is 9.62 Å². The number of rotatable bonds is 6. The molecule has 0 spiro atoms. The van der Waals surface area contributed by atoms with Gasteiger partial charge in [0.05, 0.1) is 11.4 Å². The van der Waals surface area contributed by atoms with Crippen molar-refractivity contribution in [2.75, 3.05) is 19.6 Å². The van der Waals surface area contributed by atoms with Crippen LogP contribution in [0.3, 0.4) is 0 Å². The van der Waals surface area contributed by atoms with Crippen LogP contribution in [-0.4, -0.2) is 44.6 Å². The number of Topliss-reactive ketones (excluding diaryl/α,β-unsaturated/α-hetero) is 1. The number of carbonyl (C=O) groups excluding carboxylic acids is 2. The van der Waals surface area contributed by atoms with E-state index in [1.165, 1.54) is 31.2 Å². The fourth-order valence-electron chi connectivity index (χ4n) is 3.04. The summed E-state index contributed by atoms with van der Waals surface area (Å²) in [6, 6.07) is 15.5. The monoisotopic (exact) mass is 398 g/mol.